The van der Waals surface area contributed by atoms with E-state index in [-0.39, 0.29) is 33.9 Å². The van der Waals surface area contributed by atoms with Crippen molar-refractivity contribution < 1.29 is 4.42 Å². The molecule has 0 bridgehead atoms. The van der Waals surface area contributed by atoms with Crippen molar-refractivity contribution >= 4 is 84.9 Å². The summed E-state index contributed by atoms with van der Waals surface area (Å²) in [5.74, 6) is 0. The maximum Gasteiger partial charge on any atom is 0.375 e. The predicted molar refractivity (Wildman–Crippen MR) is 323 cm³/mol. The Balaban J connectivity index is 1.24. The molecule has 0 saturated carbocycles. The molecule has 0 spiro atoms. The lowest BCUT2D eigenvalue weighted by Crippen LogP contribution is -2.56. The van der Waals surface area contributed by atoms with E-state index in [1.807, 2.05) is 0 Å². The van der Waals surface area contributed by atoms with Crippen LogP contribution in [-0.2, 0) is 27.1 Å². The Hall–Kier alpha value is -7.24. The van der Waals surface area contributed by atoms with Crippen LogP contribution in [0.15, 0.2) is 168 Å². The second kappa shape index (κ2) is 16.6. The summed E-state index contributed by atoms with van der Waals surface area (Å²) in [4.78, 5) is 5.09. The molecule has 2 aliphatic heterocycles. The van der Waals surface area contributed by atoms with Gasteiger partial charge in [0.25, 0.3) is 0 Å². The molecule has 0 amide bonds. The fourth-order valence-electron chi connectivity index (χ4n) is 12.0. The molecule has 0 unspecified atom stereocenters. The normalized spacial score (nSPS) is 13.7. The van der Waals surface area contributed by atoms with Crippen molar-refractivity contribution in [2.24, 2.45) is 0 Å². The number of nitrogens with zero attached hydrogens (tertiary/aromatic N) is 3. The highest BCUT2D eigenvalue weighted by molar-refractivity contribution is 6.89. The predicted octanol–water partition coefficient (Wildman–Crippen LogP) is 18.6. The van der Waals surface area contributed by atoms with Crippen molar-refractivity contribution in [2.75, 3.05) is 9.80 Å². The largest absolute Gasteiger partial charge is 0.466 e. The molecule has 2 aliphatic rings. The molecular formula is C70H72BN3O. The van der Waals surface area contributed by atoms with Crippen LogP contribution < -0.4 is 20.9 Å². The molecular weight excluding hydrogens is 910 g/mol. The highest BCUT2D eigenvalue weighted by Crippen LogP contribution is 2.53. The first-order chi connectivity index (χ1) is 35.4. The number of rotatable bonds is 5. The lowest BCUT2D eigenvalue weighted by molar-refractivity contribution is 0.590. The van der Waals surface area contributed by atoms with Gasteiger partial charge in [-0.05, 0) is 138 Å². The average molecular weight is 982 g/mol. The van der Waals surface area contributed by atoms with Gasteiger partial charge >= 0.3 is 6.85 Å². The van der Waals surface area contributed by atoms with Gasteiger partial charge < -0.3 is 18.7 Å². The Morgan fingerprint density at radius 1 is 0.440 bits per heavy atom. The summed E-state index contributed by atoms with van der Waals surface area (Å²) in [5.41, 5.74) is 23.4. The second-order valence-corrected chi connectivity index (χ2v) is 26.7. The van der Waals surface area contributed by atoms with Crippen LogP contribution in [0.5, 0.6) is 0 Å². The minimum Gasteiger partial charge on any atom is -0.466 e. The van der Waals surface area contributed by atoms with Gasteiger partial charge in [0, 0.05) is 55.4 Å². The monoisotopic (exact) mass is 982 g/mol. The van der Waals surface area contributed by atoms with Gasteiger partial charge in [0.15, 0.2) is 0 Å². The van der Waals surface area contributed by atoms with Crippen molar-refractivity contribution in [3.63, 3.8) is 0 Å². The highest BCUT2D eigenvalue weighted by Gasteiger charge is 2.48. The standard InChI is InChI=1S/C70H72BN3O/c1-66(2,3)44-25-31-49(32-26-44)72(56-24-20-19-23-51(56)43-21-17-16-18-22-43)58-37-35-52-53-41-48(70(13,14)15)42-59-62(53)71(74-57-36-29-46(68(7,8)9)39-54(57)61(58)63(52)74)65-64(55-40-47(69(10,11)12)30-38-60(55)75-65)73(59)50-33-27-45(28-34-50)67(4,5)6/h16-42H,1-15H3. The molecule has 4 nitrogen and oxygen atoms in total. The molecule has 4 heterocycles. The van der Waals surface area contributed by atoms with Crippen molar-refractivity contribution in [1.29, 1.82) is 0 Å². The Morgan fingerprint density at radius 2 is 1.00 bits per heavy atom. The third-order valence-corrected chi connectivity index (χ3v) is 16.4. The number of fused-ring (bicyclic) bond motifs is 9. The van der Waals surface area contributed by atoms with Crippen LogP contribution in [0.1, 0.15) is 132 Å². The number of benzene rings is 8. The fourth-order valence-corrected chi connectivity index (χ4v) is 12.0. The van der Waals surface area contributed by atoms with Crippen LogP contribution in [0.25, 0.3) is 55.0 Å². The summed E-state index contributed by atoms with van der Waals surface area (Å²) in [7, 11) is 0. The first-order valence-electron chi connectivity index (χ1n) is 27.2. The van der Waals surface area contributed by atoms with Gasteiger partial charge in [-0.1, -0.05) is 201 Å². The van der Waals surface area contributed by atoms with Crippen LogP contribution in [-0.4, -0.2) is 11.3 Å². The van der Waals surface area contributed by atoms with E-state index in [1.54, 1.807) is 0 Å². The summed E-state index contributed by atoms with van der Waals surface area (Å²) in [6.07, 6.45) is 0. The quantitative estimate of drug-likeness (QED) is 0.161. The molecule has 10 aromatic rings. The van der Waals surface area contributed by atoms with Gasteiger partial charge in [-0.25, -0.2) is 0 Å². The van der Waals surface area contributed by atoms with Gasteiger partial charge in [0.05, 0.1) is 17.1 Å². The Kier molecular flexibility index (Phi) is 10.8. The van der Waals surface area contributed by atoms with Crippen LogP contribution in [0, 0.1) is 0 Å². The molecule has 0 saturated heterocycles. The first kappa shape index (κ1) is 48.7. The molecule has 12 rings (SSSR count). The van der Waals surface area contributed by atoms with E-state index in [2.05, 4.69) is 282 Å². The van der Waals surface area contributed by atoms with Crippen LogP contribution >= 0.6 is 0 Å². The molecule has 376 valence electrons. The van der Waals surface area contributed by atoms with Gasteiger partial charge in [-0.15, -0.1) is 0 Å². The van der Waals surface area contributed by atoms with E-state index in [4.69, 9.17) is 4.42 Å². The van der Waals surface area contributed by atoms with Gasteiger partial charge in [-0.2, -0.15) is 0 Å². The molecule has 0 fully saturated rings. The van der Waals surface area contributed by atoms with Gasteiger partial charge in [-0.3, -0.25) is 0 Å². The van der Waals surface area contributed by atoms with Crippen LogP contribution in [0.2, 0.25) is 0 Å². The zero-order valence-corrected chi connectivity index (χ0v) is 46.9. The van der Waals surface area contributed by atoms with Crippen molar-refractivity contribution in [3.8, 4) is 22.3 Å². The number of anilines is 6. The Labute approximate surface area is 446 Å². The minimum atomic E-state index is -0.269. The maximum absolute atomic E-state index is 7.52. The smallest absolute Gasteiger partial charge is 0.375 e. The van der Waals surface area contributed by atoms with E-state index >= 15 is 0 Å². The van der Waals surface area contributed by atoms with E-state index in [0.717, 1.165) is 45.1 Å². The zero-order valence-electron chi connectivity index (χ0n) is 46.9. The summed E-state index contributed by atoms with van der Waals surface area (Å²) < 4.78 is 10.2. The summed E-state index contributed by atoms with van der Waals surface area (Å²) >= 11 is 0. The van der Waals surface area contributed by atoms with Crippen LogP contribution in [0.4, 0.5) is 34.1 Å². The summed E-state index contributed by atoms with van der Waals surface area (Å²) in [5, 5.41) is 3.61. The number of aromatic nitrogens is 1. The number of para-hydroxylation sites is 1. The summed E-state index contributed by atoms with van der Waals surface area (Å²) in [6, 6.07) is 62.6. The highest BCUT2D eigenvalue weighted by atomic mass is 16.3. The molecule has 75 heavy (non-hydrogen) atoms. The molecule has 0 aliphatic carbocycles. The Bertz CT molecular complexity index is 3890. The molecule has 8 aromatic carbocycles. The van der Waals surface area contributed by atoms with Crippen molar-refractivity contribution in [3.05, 3.63) is 192 Å². The summed E-state index contributed by atoms with van der Waals surface area (Å²) in [6.45, 7) is 34.5. The van der Waals surface area contributed by atoms with E-state index in [0.29, 0.717) is 0 Å². The molecule has 5 heteroatoms. The van der Waals surface area contributed by atoms with E-state index in [1.165, 1.54) is 83.0 Å². The molecule has 2 aromatic heterocycles. The van der Waals surface area contributed by atoms with E-state index in [9.17, 15) is 0 Å². The topological polar surface area (TPSA) is 24.6 Å². The van der Waals surface area contributed by atoms with Gasteiger partial charge in [0.1, 0.15) is 11.2 Å². The average Bonchev–Trinajstić information content (AvgIpc) is 3.91. The van der Waals surface area contributed by atoms with E-state index < -0.39 is 0 Å². The third kappa shape index (κ3) is 7.86. The lowest BCUT2D eigenvalue weighted by Gasteiger charge is -2.40. The zero-order chi connectivity index (χ0) is 52.9. The van der Waals surface area contributed by atoms with Crippen molar-refractivity contribution in [1.82, 2.24) is 4.48 Å². The number of hydrogen-bond donors (Lipinski definition) is 0. The van der Waals surface area contributed by atoms with Crippen molar-refractivity contribution in [2.45, 2.75) is 131 Å². The lowest BCUT2D eigenvalue weighted by atomic mass is 9.47. The SMILES string of the molecule is CC(C)(C)c1ccc(N2c3cc(C(C)(C)C)cc4c3B(c3oc5ccc(C(C)(C)C)cc5c32)n2c3ccc(C(C)(C)C)cc3c3c(N(c5ccc(C(C)(C)C)cc5)c5ccccc5-c5ccccc5)ccc-4c32)cc1. The Morgan fingerprint density at radius 3 is 1.63 bits per heavy atom. The number of hydrogen-bond acceptors (Lipinski definition) is 3. The second-order valence-electron chi connectivity index (χ2n) is 26.7. The molecule has 0 radical (unpaired) electrons. The first-order valence-corrected chi connectivity index (χ1v) is 27.2. The minimum absolute atomic E-state index is 0.00142. The third-order valence-electron chi connectivity index (χ3n) is 16.4. The molecule has 0 N–H and O–H groups in total. The van der Waals surface area contributed by atoms with Crippen LogP contribution in [0.3, 0.4) is 0 Å². The fraction of sp³-hybridized carbons (Fsp3) is 0.286. The maximum atomic E-state index is 7.52. The molecule has 0 atom stereocenters. The van der Waals surface area contributed by atoms with Gasteiger partial charge in [0.2, 0.25) is 0 Å². The number of furan rings is 1.